The number of nitrogens with one attached hydrogen (secondary N) is 2. The summed E-state index contributed by atoms with van der Waals surface area (Å²) in [6.07, 6.45) is 0. The molecular formula is C19H22N2O2. The number of hydrogen-bond donors (Lipinski definition) is 2. The quantitative estimate of drug-likeness (QED) is 0.784. The zero-order valence-electron chi connectivity index (χ0n) is 13.9. The van der Waals surface area contributed by atoms with E-state index in [0.29, 0.717) is 17.2 Å². The highest BCUT2D eigenvalue weighted by Gasteiger charge is 2.12. The van der Waals surface area contributed by atoms with Gasteiger partial charge in [-0.15, -0.1) is 0 Å². The number of para-hydroxylation sites is 1. The molecule has 2 N–H and O–H groups in total. The van der Waals surface area contributed by atoms with Crippen LogP contribution in [0.1, 0.15) is 48.2 Å². The molecule has 2 amide bonds. The van der Waals surface area contributed by atoms with Crippen molar-refractivity contribution < 1.29 is 9.59 Å². The molecule has 0 saturated carbocycles. The maximum Gasteiger partial charge on any atom is 0.323 e. The van der Waals surface area contributed by atoms with Crippen LogP contribution < -0.4 is 10.6 Å². The number of benzene rings is 2. The number of urea groups is 1. The molecule has 2 rings (SSSR count). The maximum atomic E-state index is 12.3. The molecular weight excluding hydrogens is 288 g/mol. The molecule has 0 unspecified atom stereocenters. The molecule has 4 heteroatoms. The normalized spacial score (nSPS) is 10.5. The average Bonchev–Trinajstić information content (AvgIpc) is 2.49. The summed E-state index contributed by atoms with van der Waals surface area (Å²) in [5.74, 6) is 0.279. The van der Waals surface area contributed by atoms with Gasteiger partial charge in [-0.1, -0.05) is 44.2 Å². The number of anilines is 2. The van der Waals surface area contributed by atoms with Crippen molar-refractivity contribution in [3.8, 4) is 0 Å². The van der Waals surface area contributed by atoms with Gasteiger partial charge in [0.05, 0.1) is 0 Å². The van der Waals surface area contributed by atoms with Gasteiger partial charge in [0.25, 0.3) is 0 Å². The Kier molecular flexibility index (Phi) is 5.16. The molecule has 0 fully saturated rings. The molecule has 23 heavy (non-hydrogen) atoms. The zero-order valence-corrected chi connectivity index (χ0v) is 13.9. The van der Waals surface area contributed by atoms with Crippen molar-refractivity contribution in [2.45, 2.75) is 33.6 Å². The van der Waals surface area contributed by atoms with Crippen molar-refractivity contribution >= 4 is 23.2 Å². The van der Waals surface area contributed by atoms with E-state index in [1.807, 2.05) is 25.1 Å². The Morgan fingerprint density at radius 1 is 1.00 bits per heavy atom. The summed E-state index contributed by atoms with van der Waals surface area (Å²) in [4.78, 5) is 23.7. The first-order valence-electron chi connectivity index (χ1n) is 7.67. The van der Waals surface area contributed by atoms with Gasteiger partial charge in [0.15, 0.2) is 5.78 Å². The van der Waals surface area contributed by atoms with Gasteiger partial charge in [0, 0.05) is 16.9 Å². The Morgan fingerprint density at radius 2 is 1.70 bits per heavy atom. The van der Waals surface area contributed by atoms with Gasteiger partial charge in [0.1, 0.15) is 0 Å². The first-order valence-corrected chi connectivity index (χ1v) is 7.67. The Balaban J connectivity index is 2.18. The van der Waals surface area contributed by atoms with E-state index >= 15 is 0 Å². The molecule has 2 aromatic carbocycles. The first-order chi connectivity index (χ1) is 10.9. The minimum atomic E-state index is -0.318. The predicted molar refractivity (Wildman–Crippen MR) is 94.4 cm³/mol. The van der Waals surface area contributed by atoms with Crippen molar-refractivity contribution in [3.05, 3.63) is 59.2 Å². The molecule has 0 aliphatic heterocycles. The summed E-state index contributed by atoms with van der Waals surface area (Å²) >= 11 is 0. The number of rotatable bonds is 4. The van der Waals surface area contributed by atoms with Crippen LogP contribution in [0.25, 0.3) is 0 Å². The van der Waals surface area contributed by atoms with Gasteiger partial charge >= 0.3 is 6.03 Å². The number of carbonyl (C=O) groups is 2. The second-order valence-corrected chi connectivity index (χ2v) is 5.91. The highest BCUT2D eigenvalue weighted by Crippen LogP contribution is 2.27. The van der Waals surface area contributed by atoms with Crippen molar-refractivity contribution in [2.24, 2.45) is 0 Å². The number of Topliss-reactive ketones (excluding diaryl/α,β-unsaturated/α-hetero) is 1. The second-order valence-electron chi connectivity index (χ2n) is 5.91. The first kappa shape index (κ1) is 16.7. The average molecular weight is 310 g/mol. The van der Waals surface area contributed by atoms with Crippen LogP contribution in [0, 0.1) is 6.92 Å². The molecule has 0 spiro atoms. The second kappa shape index (κ2) is 7.09. The van der Waals surface area contributed by atoms with Crippen LogP contribution >= 0.6 is 0 Å². The van der Waals surface area contributed by atoms with Gasteiger partial charge in [-0.25, -0.2) is 4.79 Å². The van der Waals surface area contributed by atoms with E-state index in [1.165, 1.54) is 6.92 Å². The third-order valence-corrected chi connectivity index (χ3v) is 3.69. The molecule has 2 aromatic rings. The summed E-state index contributed by atoms with van der Waals surface area (Å²) in [6.45, 7) is 7.65. The molecule has 0 aromatic heterocycles. The van der Waals surface area contributed by atoms with Crippen LogP contribution in [0.5, 0.6) is 0 Å². The fourth-order valence-electron chi connectivity index (χ4n) is 2.43. The van der Waals surface area contributed by atoms with E-state index in [2.05, 4.69) is 24.5 Å². The van der Waals surface area contributed by atoms with E-state index in [-0.39, 0.29) is 11.8 Å². The van der Waals surface area contributed by atoms with Gasteiger partial charge in [0.2, 0.25) is 0 Å². The number of hydrogen-bond acceptors (Lipinski definition) is 2. The van der Waals surface area contributed by atoms with Gasteiger partial charge in [-0.3, -0.25) is 4.79 Å². The fourth-order valence-corrected chi connectivity index (χ4v) is 2.43. The largest absolute Gasteiger partial charge is 0.323 e. The molecule has 4 nitrogen and oxygen atoms in total. The predicted octanol–water partition coefficient (Wildman–Crippen LogP) is 4.97. The van der Waals surface area contributed by atoms with E-state index in [9.17, 15) is 9.59 Å². The summed E-state index contributed by atoms with van der Waals surface area (Å²) in [5.41, 5.74) is 4.11. The number of ketones is 1. The lowest BCUT2D eigenvalue weighted by Crippen LogP contribution is -2.21. The number of carbonyl (C=O) groups excluding carboxylic acids is 2. The monoisotopic (exact) mass is 310 g/mol. The van der Waals surface area contributed by atoms with Crippen LogP contribution in [0.3, 0.4) is 0 Å². The summed E-state index contributed by atoms with van der Waals surface area (Å²) in [7, 11) is 0. The Bertz CT molecular complexity index is 736. The molecule has 0 saturated heterocycles. The number of amides is 2. The van der Waals surface area contributed by atoms with Crippen LogP contribution in [0.2, 0.25) is 0 Å². The lowest BCUT2D eigenvalue weighted by atomic mass is 9.98. The lowest BCUT2D eigenvalue weighted by Gasteiger charge is -2.17. The van der Waals surface area contributed by atoms with Gasteiger partial charge in [-0.05, 0) is 43.0 Å². The molecule has 120 valence electrons. The Labute approximate surface area is 136 Å². The minimum absolute atomic E-state index is 0.0324. The summed E-state index contributed by atoms with van der Waals surface area (Å²) < 4.78 is 0. The molecule has 0 aliphatic rings. The molecule has 0 atom stereocenters. The van der Waals surface area contributed by atoms with E-state index < -0.39 is 0 Å². The fraction of sp³-hybridized carbons (Fsp3) is 0.263. The topological polar surface area (TPSA) is 58.2 Å². The van der Waals surface area contributed by atoms with Crippen molar-refractivity contribution in [2.75, 3.05) is 10.6 Å². The summed E-state index contributed by atoms with van der Waals surface area (Å²) in [5, 5.41) is 5.70. The van der Waals surface area contributed by atoms with Crippen LogP contribution in [-0.2, 0) is 0 Å². The van der Waals surface area contributed by atoms with Crippen molar-refractivity contribution in [1.82, 2.24) is 0 Å². The van der Waals surface area contributed by atoms with Crippen LogP contribution in [-0.4, -0.2) is 11.8 Å². The van der Waals surface area contributed by atoms with Crippen molar-refractivity contribution in [3.63, 3.8) is 0 Å². The molecule has 0 radical (unpaired) electrons. The van der Waals surface area contributed by atoms with Gasteiger partial charge < -0.3 is 10.6 Å². The maximum absolute atomic E-state index is 12.3. The van der Waals surface area contributed by atoms with Gasteiger partial charge in [-0.2, -0.15) is 0 Å². The van der Waals surface area contributed by atoms with Crippen LogP contribution in [0.4, 0.5) is 16.2 Å². The third kappa shape index (κ3) is 4.19. The molecule has 0 aliphatic carbocycles. The smallest absolute Gasteiger partial charge is 0.308 e. The zero-order chi connectivity index (χ0) is 17.0. The Morgan fingerprint density at radius 3 is 2.35 bits per heavy atom. The highest BCUT2D eigenvalue weighted by atomic mass is 16.2. The SMILES string of the molecule is CC(=O)c1cccc(NC(=O)Nc2c(C)cccc2C(C)C)c1. The number of aryl methyl sites for hydroxylation is 1. The molecule has 0 heterocycles. The highest BCUT2D eigenvalue weighted by molar-refractivity contribution is 6.02. The molecule has 0 bridgehead atoms. The van der Waals surface area contributed by atoms with Crippen LogP contribution in [0.15, 0.2) is 42.5 Å². The van der Waals surface area contributed by atoms with E-state index in [1.54, 1.807) is 24.3 Å². The summed E-state index contributed by atoms with van der Waals surface area (Å²) in [6, 6.07) is 12.6. The van der Waals surface area contributed by atoms with E-state index in [4.69, 9.17) is 0 Å². The van der Waals surface area contributed by atoms with Crippen molar-refractivity contribution in [1.29, 1.82) is 0 Å². The Hall–Kier alpha value is -2.62. The standard InChI is InChI=1S/C19H22N2O2/c1-12(2)17-10-5-7-13(3)18(17)21-19(23)20-16-9-6-8-15(11-16)14(4)22/h5-12H,1-4H3,(H2,20,21,23). The lowest BCUT2D eigenvalue weighted by molar-refractivity contribution is 0.101. The third-order valence-electron chi connectivity index (χ3n) is 3.69. The van der Waals surface area contributed by atoms with E-state index in [0.717, 1.165) is 16.8 Å². The minimum Gasteiger partial charge on any atom is -0.308 e.